The summed E-state index contributed by atoms with van der Waals surface area (Å²) in [6.45, 7) is 0. The van der Waals surface area contributed by atoms with Gasteiger partial charge in [0.2, 0.25) is 5.89 Å². The highest BCUT2D eigenvalue weighted by Crippen LogP contribution is 2.44. The molecule has 0 atom stereocenters. The van der Waals surface area contributed by atoms with Crippen LogP contribution in [0.4, 0.5) is 34.1 Å². The minimum Gasteiger partial charge on any atom is -0.456 e. The van der Waals surface area contributed by atoms with Crippen molar-refractivity contribution < 1.29 is 8.83 Å². The maximum Gasteiger partial charge on any atom is 0.227 e. The van der Waals surface area contributed by atoms with E-state index in [0.717, 1.165) is 94.3 Å². The van der Waals surface area contributed by atoms with Gasteiger partial charge < -0.3 is 18.6 Å². The lowest BCUT2D eigenvalue weighted by molar-refractivity contribution is 0.623. The van der Waals surface area contributed by atoms with Gasteiger partial charge in [-0.05, 0) is 113 Å². The van der Waals surface area contributed by atoms with E-state index in [2.05, 4.69) is 168 Å². The molecule has 0 saturated heterocycles. The van der Waals surface area contributed by atoms with E-state index in [0.29, 0.717) is 5.89 Å². The van der Waals surface area contributed by atoms with Crippen molar-refractivity contribution in [1.29, 1.82) is 0 Å². The van der Waals surface area contributed by atoms with Gasteiger partial charge in [-0.25, -0.2) is 4.98 Å². The van der Waals surface area contributed by atoms with Crippen LogP contribution in [-0.2, 0) is 0 Å². The Morgan fingerprint density at radius 2 is 0.893 bits per heavy atom. The quantitative estimate of drug-likeness (QED) is 0.153. The molecule has 5 heteroatoms. The lowest BCUT2D eigenvalue weighted by atomic mass is 10.00. The van der Waals surface area contributed by atoms with Crippen LogP contribution >= 0.6 is 0 Å². The van der Waals surface area contributed by atoms with Gasteiger partial charge in [0.1, 0.15) is 16.7 Å². The second-order valence-corrected chi connectivity index (χ2v) is 14.0. The number of anilines is 6. The normalized spacial score (nSPS) is 11.6. The first-order valence-corrected chi connectivity index (χ1v) is 18.8. The first-order chi connectivity index (χ1) is 27.7. The zero-order valence-corrected chi connectivity index (χ0v) is 30.2. The van der Waals surface area contributed by atoms with Crippen molar-refractivity contribution in [3.8, 4) is 11.5 Å². The van der Waals surface area contributed by atoms with Crippen molar-refractivity contribution in [3.05, 3.63) is 200 Å². The number of fused-ring (bicyclic) bond motifs is 8. The number of aromatic nitrogens is 1. The molecule has 0 fully saturated rings. The Labute approximate surface area is 322 Å². The Balaban J connectivity index is 1.14. The highest BCUT2D eigenvalue weighted by molar-refractivity contribution is 6.19. The van der Waals surface area contributed by atoms with Crippen LogP contribution in [0.3, 0.4) is 0 Å². The molecule has 0 spiro atoms. The number of oxazole rings is 1. The maximum atomic E-state index is 6.61. The van der Waals surface area contributed by atoms with E-state index in [4.69, 9.17) is 13.8 Å². The van der Waals surface area contributed by atoms with Crippen LogP contribution in [-0.4, -0.2) is 4.98 Å². The smallest absolute Gasteiger partial charge is 0.227 e. The Morgan fingerprint density at radius 1 is 0.357 bits per heavy atom. The van der Waals surface area contributed by atoms with Crippen molar-refractivity contribution in [2.24, 2.45) is 0 Å². The Morgan fingerprint density at radius 3 is 1.64 bits per heavy atom. The predicted molar refractivity (Wildman–Crippen MR) is 231 cm³/mol. The monoisotopic (exact) mass is 719 g/mol. The van der Waals surface area contributed by atoms with Gasteiger partial charge in [0.25, 0.3) is 0 Å². The lowest BCUT2D eigenvalue weighted by Gasteiger charge is -2.29. The van der Waals surface area contributed by atoms with E-state index < -0.39 is 0 Å². The van der Waals surface area contributed by atoms with Crippen LogP contribution in [0.15, 0.2) is 209 Å². The fraction of sp³-hybridized carbons (Fsp3) is 0. The van der Waals surface area contributed by atoms with Crippen molar-refractivity contribution in [1.82, 2.24) is 4.98 Å². The summed E-state index contributed by atoms with van der Waals surface area (Å²) < 4.78 is 12.9. The minimum absolute atomic E-state index is 0.613. The fourth-order valence-corrected chi connectivity index (χ4v) is 8.03. The molecule has 0 bridgehead atoms. The molecule has 0 radical (unpaired) electrons. The molecule has 0 N–H and O–H groups in total. The number of para-hydroxylation sites is 3. The molecule has 264 valence electrons. The van der Waals surface area contributed by atoms with Gasteiger partial charge in [0.15, 0.2) is 5.58 Å². The molecular formula is C51H33N3O2. The number of furan rings is 1. The van der Waals surface area contributed by atoms with Crippen LogP contribution in [0.5, 0.6) is 0 Å². The summed E-state index contributed by atoms with van der Waals surface area (Å²) in [5.74, 6) is 0.613. The molecule has 0 aliphatic carbocycles. The summed E-state index contributed by atoms with van der Waals surface area (Å²) in [6.07, 6.45) is 0. The molecule has 2 heterocycles. The largest absolute Gasteiger partial charge is 0.456 e. The molecule has 0 amide bonds. The van der Waals surface area contributed by atoms with E-state index >= 15 is 0 Å². The SMILES string of the molecule is c1ccc(-c2nc3ccc4ccc5ccc(N(c6cccc(N(c7ccccc7)c7ccccc7)c6)c6ccc7oc8ccccc8c7c6)cc5c4c3o2)cc1. The molecular weight excluding hydrogens is 687 g/mol. The topological polar surface area (TPSA) is 45.7 Å². The third-order valence-corrected chi connectivity index (χ3v) is 10.6. The minimum atomic E-state index is 0.613. The van der Waals surface area contributed by atoms with E-state index in [1.165, 1.54) is 0 Å². The van der Waals surface area contributed by atoms with E-state index in [-0.39, 0.29) is 0 Å². The van der Waals surface area contributed by atoms with Crippen LogP contribution in [0, 0.1) is 0 Å². The summed E-state index contributed by atoms with van der Waals surface area (Å²) in [6, 6.07) is 69.9. The Hall–Kier alpha value is -7.63. The van der Waals surface area contributed by atoms with E-state index in [1.807, 2.05) is 42.5 Å². The summed E-state index contributed by atoms with van der Waals surface area (Å²) in [7, 11) is 0. The molecule has 0 saturated carbocycles. The first kappa shape index (κ1) is 31.9. The average Bonchev–Trinajstić information content (AvgIpc) is 3.87. The van der Waals surface area contributed by atoms with Gasteiger partial charge in [-0.1, -0.05) is 103 Å². The predicted octanol–water partition coefficient (Wildman–Crippen LogP) is 14.6. The van der Waals surface area contributed by atoms with Gasteiger partial charge in [-0.2, -0.15) is 0 Å². The summed E-state index contributed by atoms with van der Waals surface area (Å²) in [4.78, 5) is 9.57. The van der Waals surface area contributed by atoms with Crippen molar-refractivity contribution in [2.75, 3.05) is 9.80 Å². The standard InChI is InChI=1S/C51H33N3O2/c1-4-13-36(14-5-1)51-52-46-29-26-35-24-23-34-25-27-41(32-44(34)49(35)50(46)56-51)54(42-28-30-48-45(33-42)43-21-10-11-22-47(43)55-48)40-20-12-19-39(31-40)53(37-15-6-2-7-16-37)38-17-8-3-9-18-38/h1-33H. The second kappa shape index (κ2) is 13.0. The summed E-state index contributed by atoms with van der Waals surface area (Å²) >= 11 is 0. The van der Waals surface area contributed by atoms with Crippen LogP contribution in [0.25, 0.3) is 66.0 Å². The number of benzene rings is 9. The summed E-state index contributed by atoms with van der Waals surface area (Å²) in [5, 5.41) is 6.50. The third-order valence-electron chi connectivity index (χ3n) is 10.6. The van der Waals surface area contributed by atoms with E-state index in [9.17, 15) is 0 Å². The highest BCUT2D eigenvalue weighted by atomic mass is 16.3. The molecule has 2 aromatic heterocycles. The second-order valence-electron chi connectivity index (χ2n) is 14.0. The Kier molecular flexibility index (Phi) is 7.42. The summed E-state index contributed by atoms with van der Waals surface area (Å²) in [5.41, 5.74) is 10.5. The molecule has 0 aliphatic heterocycles. The van der Waals surface area contributed by atoms with Crippen molar-refractivity contribution >= 4 is 88.7 Å². The molecule has 11 aromatic rings. The van der Waals surface area contributed by atoms with Crippen LogP contribution < -0.4 is 9.80 Å². The van der Waals surface area contributed by atoms with Gasteiger partial charge in [-0.3, -0.25) is 0 Å². The van der Waals surface area contributed by atoms with Gasteiger partial charge in [-0.15, -0.1) is 0 Å². The maximum absolute atomic E-state index is 6.61. The van der Waals surface area contributed by atoms with Crippen LogP contribution in [0.1, 0.15) is 0 Å². The molecule has 56 heavy (non-hydrogen) atoms. The van der Waals surface area contributed by atoms with Crippen molar-refractivity contribution in [3.63, 3.8) is 0 Å². The highest BCUT2D eigenvalue weighted by Gasteiger charge is 2.20. The molecule has 9 aromatic carbocycles. The molecule has 0 aliphatic rings. The zero-order chi connectivity index (χ0) is 37.0. The van der Waals surface area contributed by atoms with Gasteiger partial charge >= 0.3 is 0 Å². The first-order valence-electron chi connectivity index (χ1n) is 18.8. The fourth-order valence-electron chi connectivity index (χ4n) is 8.03. The molecule has 5 nitrogen and oxygen atoms in total. The van der Waals surface area contributed by atoms with Crippen molar-refractivity contribution in [2.45, 2.75) is 0 Å². The average molecular weight is 720 g/mol. The third kappa shape index (κ3) is 5.37. The number of nitrogens with zero attached hydrogens (tertiary/aromatic N) is 3. The number of rotatable bonds is 7. The van der Waals surface area contributed by atoms with E-state index in [1.54, 1.807) is 0 Å². The van der Waals surface area contributed by atoms with Gasteiger partial charge in [0.05, 0.1) is 0 Å². The number of hydrogen-bond acceptors (Lipinski definition) is 5. The molecule has 0 unspecified atom stereocenters. The van der Waals surface area contributed by atoms with Gasteiger partial charge in [0, 0.05) is 55.8 Å². The zero-order valence-electron chi connectivity index (χ0n) is 30.2. The Bertz CT molecular complexity index is 3170. The number of hydrogen-bond donors (Lipinski definition) is 0. The lowest BCUT2D eigenvalue weighted by Crippen LogP contribution is -2.13. The van der Waals surface area contributed by atoms with Crippen LogP contribution in [0.2, 0.25) is 0 Å². The molecule has 11 rings (SSSR count).